The van der Waals surface area contributed by atoms with Crippen LogP contribution in [-0.4, -0.2) is 52.8 Å². The zero-order valence-electron chi connectivity index (χ0n) is 15.5. The minimum absolute atomic E-state index is 0.0111. The van der Waals surface area contributed by atoms with Crippen LogP contribution in [0.2, 0.25) is 0 Å². The second kappa shape index (κ2) is 7.95. The molecule has 0 saturated heterocycles. The molecule has 1 aromatic heterocycles. The van der Waals surface area contributed by atoms with Crippen LogP contribution in [-0.2, 0) is 4.79 Å². The van der Waals surface area contributed by atoms with E-state index in [0.29, 0.717) is 24.1 Å². The predicted octanol–water partition coefficient (Wildman–Crippen LogP) is 2.79. The van der Waals surface area contributed by atoms with Crippen LogP contribution in [0.25, 0.3) is 0 Å². The standard InChI is InChI=1S/C19H23N3O3S/c1-12-13(2)20-19(21-14(12)3)26-11-18(23)22(4)9-15-10-24-16-7-5-6-8-17(16)25-15/h5-8,15H,9-11H2,1-4H3. The fourth-order valence-electron chi connectivity index (χ4n) is 2.60. The van der Waals surface area contributed by atoms with Gasteiger partial charge in [0.25, 0.3) is 0 Å². The van der Waals surface area contributed by atoms with Crippen LogP contribution in [0.1, 0.15) is 17.0 Å². The summed E-state index contributed by atoms with van der Waals surface area (Å²) >= 11 is 1.36. The number of thioether (sulfide) groups is 1. The van der Waals surface area contributed by atoms with E-state index in [1.165, 1.54) is 11.8 Å². The van der Waals surface area contributed by atoms with Crippen LogP contribution >= 0.6 is 11.8 Å². The Morgan fingerprint density at radius 2 is 1.85 bits per heavy atom. The molecule has 1 aliphatic heterocycles. The second-order valence-corrected chi connectivity index (χ2v) is 7.31. The van der Waals surface area contributed by atoms with E-state index < -0.39 is 0 Å². The molecule has 1 unspecified atom stereocenters. The van der Waals surface area contributed by atoms with Crippen molar-refractivity contribution in [1.82, 2.24) is 14.9 Å². The molecule has 0 bridgehead atoms. The molecule has 7 heteroatoms. The van der Waals surface area contributed by atoms with Gasteiger partial charge in [-0.3, -0.25) is 4.79 Å². The summed E-state index contributed by atoms with van der Waals surface area (Å²) in [6.07, 6.45) is -0.177. The molecule has 1 atom stereocenters. The number of rotatable bonds is 5. The van der Waals surface area contributed by atoms with E-state index >= 15 is 0 Å². The fourth-order valence-corrected chi connectivity index (χ4v) is 3.48. The highest BCUT2D eigenvalue weighted by Crippen LogP contribution is 2.31. The van der Waals surface area contributed by atoms with E-state index in [9.17, 15) is 4.79 Å². The molecule has 138 valence electrons. The molecule has 2 aromatic rings. The van der Waals surface area contributed by atoms with Gasteiger partial charge in [0.05, 0.1) is 12.3 Å². The maximum atomic E-state index is 12.4. The normalized spacial score (nSPS) is 15.6. The SMILES string of the molecule is Cc1nc(SCC(=O)N(C)CC2COc3ccccc3O2)nc(C)c1C. The van der Waals surface area contributed by atoms with Gasteiger partial charge in [-0.25, -0.2) is 9.97 Å². The number of carbonyl (C=O) groups excluding carboxylic acids is 1. The number of aromatic nitrogens is 2. The molecule has 0 radical (unpaired) electrons. The topological polar surface area (TPSA) is 64.6 Å². The number of fused-ring (bicyclic) bond motifs is 1. The molecule has 3 rings (SSSR count). The molecule has 1 amide bonds. The highest BCUT2D eigenvalue weighted by atomic mass is 32.2. The van der Waals surface area contributed by atoms with Crippen molar-refractivity contribution in [3.05, 3.63) is 41.2 Å². The highest BCUT2D eigenvalue weighted by Gasteiger charge is 2.23. The number of aryl methyl sites for hydroxylation is 2. The summed E-state index contributed by atoms with van der Waals surface area (Å²) in [5.41, 5.74) is 2.99. The minimum Gasteiger partial charge on any atom is -0.486 e. The van der Waals surface area contributed by atoms with E-state index in [2.05, 4.69) is 9.97 Å². The number of hydrogen-bond donors (Lipinski definition) is 0. The van der Waals surface area contributed by atoms with Crippen LogP contribution in [0.15, 0.2) is 29.4 Å². The third-order valence-corrected chi connectivity index (χ3v) is 5.24. The molecule has 0 spiro atoms. The number of amides is 1. The van der Waals surface area contributed by atoms with Gasteiger partial charge in [-0.1, -0.05) is 23.9 Å². The molecule has 2 heterocycles. The van der Waals surface area contributed by atoms with Crippen LogP contribution in [0.4, 0.5) is 0 Å². The van der Waals surface area contributed by atoms with E-state index in [-0.39, 0.29) is 12.0 Å². The summed E-state index contributed by atoms with van der Waals surface area (Å²) in [5, 5.41) is 0.638. The molecule has 0 saturated carbocycles. The first-order valence-electron chi connectivity index (χ1n) is 8.51. The number of hydrogen-bond acceptors (Lipinski definition) is 6. The van der Waals surface area contributed by atoms with Crippen LogP contribution in [0.5, 0.6) is 11.5 Å². The number of ether oxygens (including phenoxy) is 2. The van der Waals surface area contributed by atoms with Gasteiger partial charge in [-0.05, 0) is 38.5 Å². The summed E-state index contributed by atoms with van der Waals surface area (Å²) in [6.45, 7) is 6.82. The quantitative estimate of drug-likeness (QED) is 0.593. The highest BCUT2D eigenvalue weighted by molar-refractivity contribution is 7.99. The zero-order chi connectivity index (χ0) is 18.7. The molecule has 0 aliphatic carbocycles. The van der Waals surface area contributed by atoms with Crippen molar-refractivity contribution in [2.45, 2.75) is 32.0 Å². The second-order valence-electron chi connectivity index (χ2n) is 6.36. The minimum atomic E-state index is -0.177. The van der Waals surface area contributed by atoms with Crippen molar-refractivity contribution in [1.29, 1.82) is 0 Å². The molecule has 1 aliphatic rings. The van der Waals surface area contributed by atoms with Gasteiger partial charge in [0.2, 0.25) is 5.91 Å². The summed E-state index contributed by atoms with van der Waals surface area (Å²) in [6, 6.07) is 7.56. The monoisotopic (exact) mass is 373 g/mol. The Morgan fingerprint density at radius 3 is 2.54 bits per heavy atom. The number of para-hydroxylation sites is 2. The molecule has 1 aromatic carbocycles. The Hall–Kier alpha value is -2.28. The Morgan fingerprint density at radius 1 is 1.19 bits per heavy atom. The van der Waals surface area contributed by atoms with E-state index in [0.717, 1.165) is 28.5 Å². The van der Waals surface area contributed by atoms with E-state index in [1.54, 1.807) is 11.9 Å². The molecular weight excluding hydrogens is 350 g/mol. The van der Waals surface area contributed by atoms with Crippen molar-refractivity contribution >= 4 is 17.7 Å². The third kappa shape index (κ3) is 4.27. The lowest BCUT2D eigenvalue weighted by Crippen LogP contribution is -2.42. The molecule has 26 heavy (non-hydrogen) atoms. The summed E-state index contributed by atoms with van der Waals surface area (Å²) < 4.78 is 11.6. The smallest absolute Gasteiger partial charge is 0.232 e. The maximum absolute atomic E-state index is 12.4. The average molecular weight is 373 g/mol. The largest absolute Gasteiger partial charge is 0.486 e. The van der Waals surface area contributed by atoms with Crippen molar-refractivity contribution in [2.24, 2.45) is 0 Å². The number of nitrogens with zero attached hydrogens (tertiary/aromatic N) is 3. The Kier molecular flexibility index (Phi) is 5.66. The van der Waals surface area contributed by atoms with Gasteiger partial charge in [0.1, 0.15) is 6.61 Å². The lowest BCUT2D eigenvalue weighted by atomic mass is 10.2. The lowest BCUT2D eigenvalue weighted by Gasteiger charge is -2.29. The van der Waals surface area contributed by atoms with Gasteiger partial charge in [0, 0.05) is 18.4 Å². The summed E-state index contributed by atoms with van der Waals surface area (Å²) in [4.78, 5) is 23.0. The predicted molar refractivity (Wildman–Crippen MR) is 101 cm³/mol. The Labute approximate surface area is 157 Å². The summed E-state index contributed by atoms with van der Waals surface area (Å²) in [5.74, 6) is 1.77. The van der Waals surface area contributed by atoms with Gasteiger partial charge in [-0.2, -0.15) is 0 Å². The third-order valence-electron chi connectivity index (χ3n) is 4.41. The molecule has 0 fully saturated rings. The lowest BCUT2D eigenvalue weighted by molar-refractivity contribution is -0.128. The first-order valence-corrected chi connectivity index (χ1v) is 9.49. The average Bonchev–Trinajstić information content (AvgIpc) is 2.63. The zero-order valence-corrected chi connectivity index (χ0v) is 16.3. The van der Waals surface area contributed by atoms with Crippen LogP contribution in [0.3, 0.4) is 0 Å². The summed E-state index contributed by atoms with van der Waals surface area (Å²) in [7, 11) is 1.78. The van der Waals surface area contributed by atoms with Crippen molar-refractivity contribution in [3.63, 3.8) is 0 Å². The number of likely N-dealkylation sites (N-methyl/N-ethyl adjacent to an activating group) is 1. The van der Waals surface area contributed by atoms with Crippen LogP contribution in [0, 0.1) is 20.8 Å². The first kappa shape index (κ1) is 18.5. The number of carbonyl (C=O) groups is 1. The van der Waals surface area contributed by atoms with Crippen molar-refractivity contribution in [3.8, 4) is 11.5 Å². The fraction of sp³-hybridized carbons (Fsp3) is 0.421. The van der Waals surface area contributed by atoms with E-state index in [4.69, 9.17) is 9.47 Å². The maximum Gasteiger partial charge on any atom is 0.232 e. The van der Waals surface area contributed by atoms with Gasteiger partial charge in [0.15, 0.2) is 22.8 Å². The van der Waals surface area contributed by atoms with Gasteiger partial charge < -0.3 is 14.4 Å². The first-order chi connectivity index (χ1) is 12.4. The molecular formula is C19H23N3O3S. The van der Waals surface area contributed by atoms with Gasteiger partial charge >= 0.3 is 0 Å². The van der Waals surface area contributed by atoms with E-state index in [1.807, 2.05) is 45.0 Å². The van der Waals surface area contributed by atoms with Crippen LogP contribution < -0.4 is 9.47 Å². The molecule has 6 nitrogen and oxygen atoms in total. The Balaban J connectivity index is 1.52. The Bertz CT molecular complexity index is 789. The molecule has 0 N–H and O–H groups in total. The van der Waals surface area contributed by atoms with Crippen molar-refractivity contribution in [2.75, 3.05) is 26.0 Å². The van der Waals surface area contributed by atoms with Gasteiger partial charge in [-0.15, -0.1) is 0 Å². The number of benzene rings is 1. The van der Waals surface area contributed by atoms with Crippen molar-refractivity contribution < 1.29 is 14.3 Å².